The molecule has 68 valence electrons. The van der Waals surface area contributed by atoms with Crippen molar-refractivity contribution in [3.63, 3.8) is 0 Å². The summed E-state index contributed by atoms with van der Waals surface area (Å²) in [4.78, 5) is 11.1. The fourth-order valence-corrected chi connectivity index (χ4v) is 1.36. The van der Waals surface area contributed by atoms with Crippen LogP contribution in [0.1, 0.15) is 25.7 Å². The predicted octanol–water partition coefficient (Wildman–Crippen LogP) is 1.08. The SMILES string of the molecule is C=CCC(=O)NN1CCCCC1. The first-order valence-corrected chi connectivity index (χ1v) is 4.48. The molecule has 0 aromatic heterocycles. The van der Waals surface area contributed by atoms with Gasteiger partial charge in [-0.15, -0.1) is 6.58 Å². The minimum Gasteiger partial charge on any atom is -0.289 e. The van der Waals surface area contributed by atoms with Crippen LogP contribution in [0.3, 0.4) is 0 Å². The Labute approximate surface area is 73.4 Å². The number of nitrogens with one attached hydrogen (secondary N) is 1. The van der Waals surface area contributed by atoms with E-state index in [9.17, 15) is 4.79 Å². The summed E-state index contributed by atoms with van der Waals surface area (Å²) in [5.41, 5.74) is 2.84. The molecule has 1 saturated heterocycles. The molecule has 0 bridgehead atoms. The molecule has 0 unspecified atom stereocenters. The summed E-state index contributed by atoms with van der Waals surface area (Å²) < 4.78 is 0. The molecule has 1 heterocycles. The van der Waals surface area contributed by atoms with E-state index in [1.807, 2.05) is 5.01 Å². The van der Waals surface area contributed by atoms with Crippen molar-refractivity contribution in [2.45, 2.75) is 25.7 Å². The number of hydrogen-bond donors (Lipinski definition) is 1. The topological polar surface area (TPSA) is 32.3 Å². The summed E-state index contributed by atoms with van der Waals surface area (Å²) in [5.74, 6) is 0.0481. The molecule has 1 rings (SSSR count). The van der Waals surface area contributed by atoms with Crippen LogP contribution in [0.4, 0.5) is 0 Å². The first-order valence-electron chi connectivity index (χ1n) is 4.48. The molecule has 3 heteroatoms. The highest BCUT2D eigenvalue weighted by atomic mass is 16.2. The molecule has 0 atom stereocenters. The molecule has 12 heavy (non-hydrogen) atoms. The molecule has 0 aromatic carbocycles. The van der Waals surface area contributed by atoms with Crippen LogP contribution in [0.15, 0.2) is 12.7 Å². The molecule has 1 N–H and O–H groups in total. The molecular formula is C9H16N2O. The van der Waals surface area contributed by atoms with Gasteiger partial charge in [0.25, 0.3) is 0 Å². The Morgan fingerprint density at radius 3 is 2.67 bits per heavy atom. The van der Waals surface area contributed by atoms with Gasteiger partial charge in [0.2, 0.25) is 5.91 Å². The van der Waals surface area contributed by atoms with E-state index in [1.54, 1.807) is 6.08 Å². The van der Waals surface area contributed by atoms with Gasteiger partial charge in [0.05, 0.1) is 0 Å². The van der Waals surface area contributed by atoms with Gasteiger partial charge in [-0.25, -0.2) is 5.01 Å². The van der Waals surface area contributed by atoms with Crippen molar-refractivity contribution in [2.75, 3.05) is 13.1 Å². The van der Waals surface area contributed by atoms with Crippen LogP contribution in [0.2, 0.25) is 0 Å². The number of hydrogen-bond acceptors (Lipinski definition) is 2. The van der Waals surface area contributed by atoms with Crippen molar-refractivity contribution in [1.82, 2.24) is 10.4 Å². The van der Waals surface area contributed by atoms with E-state index in [2.05, 4.69) is 12.0 Å². The lowest BCUT2D eigenvalue weighted by molar-refractivity contribution is -0.125. The average Bonchev–Trinajstić information content (AvgIpc) is 2.06. The van der Waals surface area contributed by atoms with Crippen molar-refractivity contribution in [3.8, 4) is 0 Å². The van der Waals surface area contributed by atoms with Gasteiger partial charge in [-0.2, -0.15) is 0 Å². The lowest BCUT2D eigenvalue weighted by Gasteiger charge is -2.26. The molecule has 1 aliphatic heterocycles. The monoisotopic (exact) mass is 168 g/mol. The fourth-order valence-electron chi connectivity index (χ4n) is 1.36. The second-order valence-electron chi connectivity index (χ2n) is 3.08. The molecule has 1 fully saturated rings. The minimum absolute atomic E-state index is 0.0481. The van der Waals surface area contributed by atoms with Crippen LogP contribution in [0.5, 0.6) is 0 Å². The Bertz CT molecular complexity index is 162. The highest BCUT2D eigenvalue weighted by Gasteiger charge is 2.10. The molecule has 1 aliphatic rings. The third kappa shape index (κ3) is 3.05. The molecule has 0 spiro atoms. The van der Waals surface area contributed by atoms with Gasteiger partial charge < -0.3 is 0 Å². The summed E-state index contributed by atoms with van der Waals surface area (Å²) in [6.07, 6.45) is 5.70. The zero-order valence-corrected chi connectivity index (χ0v) is 7.38. The van der Waals surface area contributed by atoms with Crippen LogP contribution < -0.4 is 5.43 Å². The number of carbonyl (C=O) groups is 1. The van der Waals surface area contributed by atoms with Crippen LogP contribution in [-0.4, -0.2) is 24.0 Å². The van der Waals surface area contributed by atoms with Crippen LogP contribution in [0, 0.1) is 0 Å². The van der Waals surface area contributed by atoms with Crippen molar-refractivity contribution in [1.29, 1.82) is 0 Å². The van der Waals surface area contributed by atoms with E-state index < -0.39 is 0 Å². The number of hydrazine groups is 1. The van der Waals surface area contributed by atoms with Crippen molar-refractivity contribution >= 4 is 5.91 Å². The highest BCUT2D eigenvalue weighted by molar-refractivity contribution is 5.76. The number of rotatable bonds is 3. The van der Waals surface area contributed by atoms with E-state index in [1.165, 1.54) is 19.3 Å². The summed E-state index contributed by atoms with van der Waals surface area (Å²) in [7, 11) is 0. The van der Waals surface area contributed by atoms with E-state index in [0.717, 1.165) is 13.1 Å². The first-order chi connectivity index (χ1) is 5.83. The Kier molecular flexibility index (Phi) is 3.80. The standard InChI is InChI=1S/C9H16N2O/c1-2-6-9(12)10-11-7-4-3-5-8-11/h2H,1,3-8H2,(H,10,12). The Morgan fingerprint density at radius 1 is 1.42 bits per heavy atom. The first kappa shape index (κ1) is 9.26. The highest BCUT2D eigenvalue weighted by Crippen LogP contribution is 2.05. The van der Waals surface area contributed by atoms with E-state index in [-0.39, 0.29) is 5.91 Å². The number of carbonyl (C=O) groups excluding carboxylic acids is 1. The van der Waals surface area contributed by atoms with Gasteiger partial charge in [-0.1, -0.05) is 12.5 Å². The van der Waals surface area contributed by atoms with E-state index in [4.69, 9.17) is 0 Å². The molecule has 0 aliphatic carbocycles. The lowest BCUT2D eigenvalue weighted by atomic mass is 10.2. The molecule has 0 radical (unpaired) electrons. The summed E-state index contributed by atoms with van der Waals surface area (Å²) in [6.45, 7) is 5.49. The molecule has 3 nitrogen and oxygen atoms in total. The Morgan fingerprint density at radius 2 is 2.08 bits per heavy atom. The second kappa shape index (κ2) is 4.93. The van der Waals surface area contributed by atoms with E-state index >= 15 is 0 Å². The predicted molar refractivity (Wildman–Crippen MR) is 48.4 cm³/mol. The summed E-state index contributed by atoms with van der Waals surface area (Å²) >= 11 is 0. The van der Waals surface area contributed by atoms with Crippen LogP contribution in [-0.2, 0) is 4.79 Å². The van der Waals surface area contributed by atoms with Crippen LogP contribution in [0.25, 0.3) is 0 Å². The number of piperidine rings is 1. The van der Waals surface area contributed by atoms with Gasteiger partial charge in [0.1, 0.15) is 0 Å². The largest absolute Gasteiger partial charge is 0.289 e. The van der Waals surface area contributed by atoms with Crippen molar-refractivity contribution in [3.05, 3.63) is 12.7 Å². The normalized spacial score (nSPS) is 18.7. The zero-order valence-electron chi connectivity index (χ0n) is 7.38. The molecule has 0 aromatic rings. The minimum atomic E-state index is 0.0481. The number of nitrogens with zero attached hydrogens (tertiary/aromatic N) is 1. The van der Waals surface area contributed by atoms with Gasteiger partial charge in [-0.3, -0.25) is 10.2 Å². The fraction of sp³-hybridized carbons (Fsp3) is 0.667. The van der Waals surface area contributed by atoms with E-state index in [0.29, 0.717) is 6.42 Å². The van der Waals surface area contributed by atoms with Gasteiger partial charge in [0.15, 0.2) is 0 Å². The third-order valence-corrected chi connectivity index (χ3v) is 1.97. The quantitative estimate of drug-likeness (QED) is 0.639. The Balaban J connectivity index is 2.19. The number of amides is 1. The maximum absolute atomic E-state index is 11.1. The van der Waals surface area contributed by atoms with Gasteiger partial charge in [-0.05, 0) is 12.8 Å². The van der Waals surface area contributed by atoms with Crippen molar-refractivity contribution in [2.24, 2.45) is 0 Å². The van der Waals surface area contributed by atoms with Gasteiger partial charge in [0, 0.05) is 19.5 Å². The second-order valence-corrected chi connectivity index (χ2v) is 3.08. The van der Waals surface area contributed by atoms with Crippen LogP contribution >= 0.6 is 0 Å². The molecule has 0 saturated carbocycles. The molecular weight excluding hydrogens is 152 g/mol. The lowest BCUT2D eigenvalue weighted by Crippen LogP contribution is -2.44. The third-order valence-electron chi connectivity index (χ3n) is 1.97. The zero-order chi connectivity index (χ0) is 8.81. The summed E-state index contributed by atoms with van der Waals surface area (Å²) in [5, 5.41) is 2.00. The smallest absolute Gasteiger partial charge is 0.238 e. The average molecular weight is 168 g/mol. The maximum Gasteiger partial charge on any atom is 0.238 e. The summed E-state index contributed by atoms with van der Waals surface area (Å²) in [6, 6.07) is 0. The molecule has 1 amide bonds. The maximum atomic E-state index is 11.1. The van der Waals surface area contributed by atoms with Gasteiger partial charge >= 0.3 is 0 Å². The Hall–Kier alpha value is -0.830. The van der Waals surface area contributed by atoms with Crippen molar-refractivity contribution < 1.29 is 4.79 Å².